The van der Waals surface area contributed by atoms with Gasteiger partial charge in [-0.05, 0) is 51.0 Å². The number of aliphatic carboxylic acids is 1. The maximum absolute atomic E-state index is 12.1. The van der Waals surface area contributed by atoms with Crippen LogP contribution < -0.4 is 5.32 Å². The summed E-state index contributed by atoms with van der Waals surface area (Å²) in [5.74, 6) is 0.359. The van der Waals surface area contributed by atoms with Crippen molar-refractivity contribution in [1.29, 1.82) is 0 Å². The van der Waals surface area contributed by atoms with Crippen molar-refractivity contribution in [1.82, 2.24) is 10.2 Å². The summed E-state index contributed by atoms with van der Waals surface area (Å²) in [5.41, 5.74) is 0. The number of hydrogen-bond acceptors (Lipinski definition) is 3. The zero-order valence-corrected chi connectivity index (χ0v) is 13.6. The summed E-state index contributed by atoms with van der Waals surface area (Å²) in [6, 6.07) is -0.121. The van der Waals surface area contributed by atoms with Gasteiger partial charge in [0.25, 0.3) is 0 Å². The molecule has 21 heavy (non-hydrogen) atoms. The molecular formula is C16H30N2O3. The van der Waals surface area contributed by atoms with Crippen molar-refractivity contribution >= 4 is 11.9 Å². The van der Waals surface area contributed by atoms with Gasteiger partial charge in [-0.3, -0.25) is 14.5 Å². The van der Waals surface area contributed by atoms with Gasteiger partial charge in [0.2, 0.25) is 5.91 Å². The lowest BCUT2D eigenvalue weighted by atomic mass is 9.92. The Hall–Kier alpha value is -1.10. The summed E-state index contributed by atoms with van der Waals surface area (Å²) in [6.07, 6.45) is 4.07. The largest absolute Gasteiger partial charge is 0.481 e. The molecule has 0 radical (unpaired) electrons. The smallest absolute Gasteiger partial charge is 0.303 e. The van der Waals surface area contributed by atoms with Crippen LogP contribution in [-0.4, -0.2) is 47.6 Å². The van der Waals surface area contributed by atoms with Gasteiger partial charge in [-0.1, -0.05) is 13.8 Å². The number of carboxylic acid groups (broad SMARTS) is 1. The molecule has 5 nitrogen and oxygen atoms in total. The number of carboxylic acids is 1. The molecular weight excluding hydrogens is 268 g/mol. The summed E-state index contributed by atoms with van der Waals surface area (Å²) >= 11 is 0. The lowest BCUT2D eigenvalue weighted by Gasteiger charge is -2.36. The number of amides is 1. The SMILES string of the molecule is CC(C)CCNC(=O)C(C)N1CCCC(CCC(=O)O)C1. The van der Waals surface area contributed by atoms with Crippen molar-refractivity contribution in [3.05, 3.63) is 0 Å². The lowest BCUT2D eigenvalue weighted by molar-refractivity contribution is -0.137. The fourth-order valence-corrected chi connectivity index (χ4v) is 2.81. The molecule has 1 aliphatic rings. The highest BCUT2D eigenvalue weighted by Crippen LogP contribution is 2.22. The van der Waals surface area contributed by atoms with Crippen LogP contribution in [0.25, 0.3) is 0 Å². The van der Waals surface area contributed by atoms with Gasteiger partial charge in [0.15, 0.2) is 0 Å². The summed E-state index contributed by atoms with van der Waals surface area (Å²) in [7, 11) is 0. The van der Waals surface area contributed by atoms with E-state index in [0.717, 1.165) is 38.9 Å². The van der Waals surface area contributed by atoms with E-state index in [1.807, 2.05) is 6.92 Å². The molecule has 2 N–H and O–H groups in total. The standard InChI is InChI=1S/C16H30N2O3/c1-12(2)8-9-17-16(21)13(3)18-10-4-5-14(11-18)6-7-15(19)20/h12-14H,4-11H2,1-3H3,(H,17,21)(H,19,20). The number of nitrogens with zero attached hydrogens (tertiary/aromatic N) is 1. The van der Waals surface area contributed by atoms with E-state index in [-0.39, 0.29) is 18.4 Å². The fourth-order valence-electron chi connectivity index (χ4n) is 2.81. The molecule has 0 spiro atoms. The van der Waals surface area contributed by atoms with E-state index in [0.29, 0.717) is 18.3 Å². The molecule has 122 valence electrons. The van der Waals surface area contributed by atoms with Gasteiger partial charge in [0.05, 0.1) is 6.04 Å². The molecule has 2 atom stereocenters. The Labute approximate surface area is 128 Å². The molecule has 1 saturated heterocycles. The minimum absolute atomic E-state index is 0.0922. The summed E-state index contributed by atoms with van der Waals surface area (Å²) in [6.45, 7) is 8.75. The number of hydrogen-bond donors (Lipinski definition) is 2. The summed E-state index contributed by atoms with van der Waals surface area (Å²) in [4.78, 5) is 25.0. The fraction of sp³-hybridized carbons (Fsp3) is 0.875. The van der Waals surface area contributed by atoms with Gasteiger partial charge < -0.3 is 10.4 Å². The van der Waals surface area contributed by atoms with E-state index in [4.69, 9.17) is 5.11 Å². The van der Waals surface area contributed by atoms with Gasteiger partial charge in [0.1, 0.15) is 0 Å². The monoisotopic (exact) mass is 298 g/mol. The number of piperidine rings is 1. The molecule has 1 aliphatic heterocycles. The van der Waals surface area contributed by atoms with Crippen LogP contribution in [0.15, 0.2) is 0 Å². The third kappa shape index (κ3) is 6.93. The summed E-state index contributed by atoms with van der Waals surface area (Å²) < 4.78 is 0. The molecule has 0 aromatic heterocycles. The van der Waals surface area contributed by atoms with Gasteiger partial charge in [-0.25, -0.2) is 0 Å². The predicted octanol–water partition coefficient (Wildman–Crippen LogP) is 2.11. The molecule has 1 amide bonds. The molecule has 0 aromatic carbocycles. The second-order valence-corrected chi connectivity index (χ2v) is 6.59. The zero-order valence-electron chi connectivity index (χ0n) is 13.6. The highest BCUT2D eigenvalue weighted by molar-refractivity contribution is 5.81. The van der Waals surface area contributed by atoms with E-state index >= 15 is 0 Å². The third-order valence-electron chi connectivity index (χ3n) is 4.26. The average molecular weight is 298 g/mol. The van der Waals surface area contributed by atoms with Crippen molar-refractivity contribution in [3.8, 4) is 0 Å². The third-order valence-corrected chi connectivity index (χ3v) is 4.26. The van der Waals surface area contributed by atoms with Crippen molar-refractivity contribution in [2.24, 2.45) is 11.8 Å². The molecule has 0 bridgehead atoms. The molecule has 1 heterocycles. The van der Waals surface area contributed by atoms with Gasteiger partial charge in [-0.2, -0.15) is 0 Å². The quantitative estimate of drug-likeness (QED) is 0.720. The topological polar surface area (TPSA) is 69.6 Å². The molecule has 1 fully saturated rings. The molecule has 2 unspecified atom stereocenters. The number of carbonyl (C=O) groups is 2. The van der Waals surface area contributed by atoms with Crippen LogP contribution >= 0.6 is 0 Å². The Bertz CT molecular complexity index is 344. The minimum Gasteiger partial charge on any atom is -0.481 e. The Balaban J connectivity index is 2.36. The Morgan fingerprint density at radius 3 is 2.67 bits per heavy atom. The average Bonchev–Trinajstić information content (AvgIpc) is 2.44. The van der Waals surface area contributed by atoms with Crippen molar-refractivity contribution < 1.29 is 14.7 Å². The van der Waals surface area contributed by atoms with Gasteiger partial charge in [0, 0.05) is 19.5 Å². The number of rotatable bonds is 8. The normalized spacial score (nSPS) is 21.2. The van der Waals surface area contributed by atoms with Crippen LogP contribution in [0.4, 0.5) is 0 Å². The van der Waals surface area contributed by atoms with E-state index in [1.54, 1.807) is 0 Å². The maximum atomic E-state index is 12.1. The Morgan fingerprint density at radius 1 is 1.33 bits per heavy atom. The Kier molecular flexibility index (Phi) is 7.72. The molecule has 0 aliphatic carbocycles. The molecule has 0 aromatic rings. The predicted molar refractivity (Wildman–Crippen MR) is 83.1 cm³/mol. The van der Waals surface area contributed by atoms with Gasteiger partial charge >= 0.3 is 5.97 Å². The van der Waals surface area contributed by atoms with Gasteiger partial charge in [-0.15, -0.1) is 0 Å². The van der Waals surface area contributed by atoms with Crippen molar-refractivity contribution in [2.75, 3.05) is 19.6 Å². The highest BCUT2D eigenvalue weighted by Gasteiger charge is 2.27. The first-order valence-electron chi connectivity index (χ1n) is 8.13. The zero-order chi connectivity index (χ0) is 15.8. The van der Waals surface area contributed by atoms with Crippen molar-refractivity contribution in [2.45, 2.75) is 58.9 Å². The second-order valence-electron chi connectivity index (χ2n) is 6.59. The van der Waals surface area contributed by atoms with Crippen LogP contribution in [0.3, 0.4) is 0 Å². The second kappa shape index (κ2) is 9.03. The number of carbonyl (C=O) groups excluding carboxylic acids is 1. The summed E-state index contributed by atoms with van der Waals surface area (Å²) in [5, 5.41) is 11.8. The lowest BCUT2D eigenvalue weighted by Crippen LogP contribution is -2.49. The van der Waals surface area contributed by atoms with Crippen LogP contribution in [-0.2, 0) is 9.59 Å². The van der Waals surface area contributed by atoms with Crippen LogP contribution in [0.2, 0.25) is 0 Å². The van der Waals surface area contributed by atoms with E-state index in [1.165, 1.54) is 0 Å². The Morgan fingerprint density at radius 2 is 2.05 bits per heavy atom. The number of nitrogens with one attached hydrogen (secondary N) is 1. The van der Waals surface area contributed by atoms with Crippen LogP contribution in [0, 0.1) is 11.8 Å². The molecule has 0 saturated carbocycles. The van der Waals surface area contributed by atoms with E-state index in [9.17, 15) is 9.59 Å². The van der Waals surface area contributed by atoms with Crippen LogP contribution in [0.1, 0.15) is 52.9 Å². The maximum Gasteiger partial charge on any atom is 0.303 e. The first-order chi connectivity index (χ1) is 9.90. The molecule has 5 heteroatoms. The van der Waals surface area contributed by atoms with E-state index in [2.05, 4.69) is 24.1 Å². The first kappa shape index (κ1) is 18.0. The van der Waals surface area contributed by atoms with E-state index < -0.39 is 5.97 Å². The van der Waals surface area contributed by atoms with Crippen molar-refractivity contribution in [3.63, 3.8) is 0 Å². The molecule has 1 rings (SSSR count). The van der Waals surface area contributed by atoms with Crippen LogP contribution in [0.5, 0.6) is 0 Å². The number of likely N-dealkylation sites (tertiary alicyclic amines) is 1. The first-order valence-corrected chi connectivity index (χ1v) is 8.13. The minimum atomic E-state index is -0.730. The highest BCUT2D eigenvalue weighted by atomic mass is 16.4.